The second-order valence-corrected chi connectivity index (χ2v) is 13.1. The molecule has 0 spiro atoms. The lowest BCUT2D eigenvalue weighted by atomic mass is 9.58. The van der Waals surface area contributed by atoms with E-state index in [1.165, 1.54) is 38.5 Å². The molecule has 1 saturated carbocycles. The van der Waals surface area contributed by atoms with E-state index in [4.69, 9.17) is 5.73 Å². The smallest absolute Gasteiger partial charge is 0.255 e. The first-order chi connectivity index (χ1) is 20.3. The van der Waals surface area contributed by atoms with Gasteiger partial charge in [0.15, 0.2) is 11.4 Å². The predicted molar refractivity (Wildman–Crippen MR) is 161 cm³/mol. The van der Waals surface area contributed by atoms with Crippen molar-refractivity contribution in [3.63, 3.8) is 0 Å². The van der Waals surface area contributed by atoms with Crippen LogP contribution < -0.4 is 16.0 Å². The fraction of sp³-hybridized carbons (Fsp3) is 0.594. The molecule has 11 nitrogen and oxygen atoms in total. The molecular weight excluding hydrogens is 552 g/mol. The summed E-state index contributed by atoms with van der Waals surface area (Å²) in [5.74, 6) is -5.89. The van der Waals surface area contributed by atoms with Gasteiger partial charge in [-0.05, 0) is 75.4 Å². The molecule has 0 radical (unpaired) electrons. The lowest BCUT2D eigenvalue weighted by molar-refractivity contribution is -0.148. The molecule has 7 N–H and O–H groups in total. The first-order valence-electron chi connectivity index (χ1n) is 15.2. The molecule has 5 rings (SSSR count). The highest BCUT2D eigenvalue weighted by Gasteiger charge is 2.63. The van der Waals surface area contributed by atoms with E-state index in [-0.39, 0.29) is 29.7 Å². The number of benzene rings is 1. The largest absolute Gasteiger partial charge is 0.510 e. The first kappa shape index (κ1) is 31.0. The van der Waals surface area contributed by atoms with Crippen LogP contribution in [0.1, 0.15) is 66.4 Å². The summed E-state index contributed by atoms with van der Waals surface area (Å²) in [6.45, 7) is 1.38. The lowest BCUT2D eigenvalue weighted by Gasteiger charge is -2.50. The summed E-state index contributed by atoms with van der Waals surface area (Å²) in [7, 11) is 6.99. The average molecular weight is 597 g/mol. The molecule has 11 heteroatoms. The zero-order valence-electron chi connectivity index (χ0n) is 25.4. The molecule has 0 aromatic heterocycles. The van der Waals surface area contributed by atoms with Gasteiger partial charge in [-0.25, -0.2) is 0 Å². The Labute approximate surface area is 252 Å². The third-order valence-electron chi connectivity index (χ3n) is 9.94. The van der Waals surface area contributed by atoms with Gasteiger partial charge in [-0.1, -0.05) is 25.7 Å². The van der Waals surface area contributed by atoms with Crippen LogP contribution in [0.3, 0.4) is 0 Å². The van der Waals surface area contributed by atoms with Gasteiger partial charge in [0.25, 0.3) is 5.91 Å². The number of primary amides is 1. The van der Waals surface area contributed by atoms with Crippen molar-refractivity contribution >= 4 is 23.2 Å². The molecule has 1 aromatic carbocycles. The van der Waals surface area contributed by atoms with Gasteiger partial charge in [-0.3, -0.25) is 19.3 Å². The summed E-state index contributed by atoms with van der Waals surface area (Å²) in [6, 6.07) is 0.552. The zero-order valence-corrected chi connectivity index (χ0v) is 25.4. The SMILES string of the molecule is CN(C)c1c(CNCC2CCCCCC2)cc(O)c2c1C[C@H]1C[C@H]3[C@H](N(C)C)C(O)=C(C(N)=O)C(=O)[C@@]3(O)C(O)=C1C2=O. The van der Waals surface area contributed by atoms with Crippen molar-refractivity contribution in [2.45, 2.75) is 69.6 Å². The van der Waals surface area contributed by atoms with Crippen molar-refractivity contribution in [1.29, 1.82) is 0 Å². The van der Waals surface area contributed by atoms with Crippen molar-refractivity contribution in [2.24, 2.45) is 23.5 Å². The number of ketones is 2. The maximum atomic E-state index is 14.0. The summed E-state index contributed by atoms with van der Waals surface area (Å²) in [5.41, 5.74) is 4.10. The van der Waals surface area contributed by atoms with Crippen LogP contribution in [0.5, 0.6) is 5.75 Å². The van der Waals surface area contributed by atoms with Gasteiger partial charge in [-0.15, -0.1) is 0 Å². The number of carbonyl (C=O) groups is 3. The minimum absolute atomic E-state index is 0.0250. The minimum atomic E-state index is -2.65. The van der Waals surface area contributed by atoms with Crippen molar-refractivity contribution < 1.29 is 34.8 Å². The number of rotatable bonds is 7. The molecule has 4 aliphatic rings. The number of hydrogen-bond acceptors (Lipinski definition) is 10. The Bertz CT molecular complexity index is 1410. The lowest BCUT2D eigenvalue weighted by Crippen LogP contribution is -2.63. The number of phenols is 1. The van der Waals surface area contributed by atoms with Crippen molar-refractivity contribution in [3.8, 4) is 5.75 Å². The quantitative estimate of drug-likeness (QED) is 0.202. The second-order valence-electron chi connectivity index (χ2n) is 13.1. The molecule has 0 saturated heterocycles. The normalized spacial score (nSPS) is 28.0. The topological polar surface area (TPSA) is 177 Å². The predicted octanol–water partition coefficient (Wildman–Crippen LogP) is 2.25. The molecule has 43 heavy (non-hydrogen) atoms. The second kappa shape index (κ2) is 11.6. The third kappa shape index (κ3) is 5.01. The number of nitrogens with zero attached hydrogens (tertiary/aromatic N) is 2. The highest BCUT2D eigenvalue weighted by molar-refractivity contribution is 6.24. The highest BCUT2D eigenvalue weighted by Crippen LogP contribution is 2.53. The van der Waals surface area contributed by atoms with E-state index < -0.39 is 58.0 Å². The number of fused-ring (bicyclic) bond motifs is 3. The van der Waals surface area contributed by atoms with Crippen molar-refractivity contribution in [1.82, 2.24) is 10.2 Å². The van der Waals surface area contributed by atoms with Crippen LogP contribution in [0.4, 0.5) is 5.69 Å². The molecule has 0 bridgehead atoms. The summed E-state index contributed by atoms with van der Waals surface area (Å²) in [6.07, 6.45) is 7.77. The molecule has 4 atom stereocenters. The van der Waals surface area contributed by atoms with Gasteiger partial charge in [0.1, 0.15) is 22.8 Å². The summed E-state index contributed by atoms with van der Waals surface area (Å²) >= 11 is 0. The zero-order chi connectivity index (χ0) is 31.4. The number of carbonyl (C=O) groups excluding carboxylic acids is 3. The maximum absolute atomic E-state index is 14.0. The molecule has 4 aliphatic carbocycles. The Morgan fingerprint density at radius 1 is 1.07 bits per heavy atom. The molecule has 1 amide bonds. The summed E-state index contributed by atoms with van der Waals surface area (Å²) in [5, 5.41) is 49.0. The van der Waals surface area contributed by atoms with Crippen LogP contribution in [-0.4, -0.2) is 89.2 Å². The van der Waals surface area contributed by atoms with E-state index in [0.717, 1.165) is 17.8 Å². The van der Waals surface area contributed by atoms with Crippen molar-refractivity contribution in [3.05, 3.63) is 45.4 Å². The molecule has 1 aromatic rings. The van der Waals surface area contributed by atoms with E-state index in [2.05, 4.69) is 5.32 Å². The number of aliphatic hydroxyl groups is 3. The molecule has 0 heterocycles. The minimum Gasteiger partial charge on any atom is -0.510 e. The number of nitrogens with one attached hydrogen (secondary N) is 1. The van der Waals surface area contributed by atoms with Gasteiger partial charge >= 0.3 is 0 Å². The number of nitrogens with two attached hydrogens (primary N) is 1. The van der Waals surface area contributed by atoms with E-state index in [1.54, 1.807) is 25.1 Å². The van der Waals surface area contributed by atoms with E-state index in [0.29, 0.717) is 18.0 Å². The van der Waals surface area contributed by atoms with Crippen LogP contribution in [0.15, 0.2) is 28.7 Å². The van der Waals surface area contributed by atoms with E-state index >= 15 is 0 Å². The van der Waals surface area contributed by atoms with Crippen molar-refractivity contribution in [2.75, 3.05) is 39.6 Å². The van der Waals surface area contributed by atoms with Crippen LogP contribution in [0, 0.1) is 17.8 Å². The van der Waals surface area contributed by atoms with Crippen LogP contribution in [0.2, 0.25) is 0 Å². The third-order valence-corrected chi connectivity index (χ3v) is 9.94. The Morgan fingerprint density at radius 3 is 2.30 bits per heavy atom. The number of Topliss-reactive ketones (excluding diaryl/α,β-unsaturated/α-hetero) is 2. The van der Waals surface area contributed by atoms with Gasteiger partial charge < -0.3 is 36.4 Å². The standard InChI is InChI=1S/C32H44N4O7/c1-35(2)25-18(15-34-14-16-9-7-5-6-8-10-16)13-21(37)23-19(25)11-17-12-20-26(36(3)4)28(39)24(31(33)42)30(41)32(20,43)29(40)22(17)27(23)38/h13,16-17,20,26,34,37,39-40,43H,5-12,14-15H2,1-4H3,(H2,33,42)/t17-,20-,26-,32-/m0/s1. The van der Waals surface area contributed by atoms with Crippen LogP contribution in [0.25, 0.3) is 0 Å². The molecular formula is C32H44N4O7. The van der Waals surface area contributed by atoms with Gasteiger partial charge in [0, 0.05) is 37.8 Å². The summed E-state index contributed by atoms with van der Waals surface area (Å²) < 4.78 is 0. The van der Waals surface area contributed by atoms with E-state index in [1.807, 2.05) is 19.0 Å². The number of amides is 1. The highest BCUT2D eigenvalue weighted by atomic mass is 16.3. The Kier molecular flexibility index (Phi) is 8.36. The maximum Gasteiger partial charge on any atom is 0.255 e. The Morgan fingerprint density at radius 2 is 1.72 bits per heavy atom. The molecule has 234 valence electrons. The summed E-state index contributed by atoms with van der Waals surface area (Å²) in [4.78, 5) is 43.2. The number of phenolic OH excluding ortho intramolecular Hbond substituents is 1. The number of aliphatic hydroxyl groups excluding tert-OH is 2. The fourth-order valence-electron chi connectivity index (χ4n) is 8.05. The Hall–Kier alpha value is -3.41. The number of allylic oxidation sites excluding steroid dienone is 1. The molecule has 0 aliphatic heterocycles. The van der Waals surface area contributed by atoms with Gasteiger partial charge in [0.05, 0.1) is 11.6 Å². The fourth-order valence-corrected chi connectivity index (χ4v) is 8.05. The van der Waals surface area contributed by atoms with Gasteiger partial charge in [-0.2, -0.15) is 0 Å². The van der Waals surface area contributed by atoms with E-state index in [9.17, 15) is 34.8 Å². The average Bonchev–Trinajstić information content (AvgIpc) is 3.19. The first-order valence-corrected chi connectivity index (χ1v) is 15.2. The number of likely N-dealkylation sites (N-methyl/N-ethyl adjacent to an activating group) is 1. The Balaban J connectivity index is 1.56. The molecule has 1 fully saturated rings. The monoisotopic (exact) mass is 596 g/mol. The molecule has 0 unspecified atom stereocenters. The van der Waals surface area contributed by atoms with Crippen LogP contribution >= 0.6 is 0 Å². The van der Waals surface area contributed by atoms with Gasteiger partial charge in [0.2, 0.25) is 5.78 Å². The number of aromatic hydroxyl groups is 1. The number of hydrogen-bond donors (Lipinski definition) is 6. The number of anilines is 1. The van der Waals surface area contributed by atoms with Crippen LogP contribution in [-0.2, 0) is 22.6 Å².